The van der Waals surface area contributed by atoms with E-state index in [2.05, 4.69) is 5.73 Å². The highest BCUT2D eigenvalue weighted by atomic mass is 32.2. The normalized spacial score (nSPS) is 11.8. The van der Waals surface area contributed by atoms with E-state index in [-0.39, 0.29) is 5.75 Å². The third-order valence-corrected chi connectivity index (χ3v) is 1.46. The van der Waals surface area contributed by atoms with Gasteiger partial charge in [0.15, 0.2) is 0 Å². The Hall–Kier alpha value is -0.130. The van der Waals surface area contributed by atoms with E-state index in [0.717, 1.165) is 0 Å². The Morgan fingerprint density at radius 2 is 2.00 bits per heavy atom. The molecule has 0 aromatic rings. The predicted octanol–water partition coefficient (Wildman–Crippen LogP) is -1.49. The third kappa shape index (κ3) is 5.87. The van der Waals surface area contributed by atoms with Gasteiger partial charge in [-0.25, -0.2) is 0 Å². The number of hydrogen-bond acceptors (Lipinski definition) is 2. The molecule has 0 aliphatic heterocycles. The van der Waals surface area contributed by atoms with E-state index in [4.69, 9.17) is 4.55 Å². The second-order valence-electron chi connectivity index (χ2n) is 1.49. The zero-order chi connectivity index (χ0) is 6.62. The minimum atomic E-state index is -3.73. The molecule has 0 heterocycles. The van der Waals surface area contributed by atoms with Crippen LogP contribution in [0.3, 0.4) is 0 Å². The maximum absolute atomic E-state index is 9.92. The van der Waals surface area contributed by atoms with Crippen LogP contribution in [0.25, 0.3) is 0 Å². The summed E-state index contributed by atoms with van der Waals surface area (Å²) in [5.41, 5.74) is 3.41. The van der Waals surface area contributed by atoms with Crippen molar-refractivity contribution in [2.75, 3.05) is 12.3 Å². The van der Waals surface area contributed by atoms with Crippen LogP contribution >= 0.6 is 0 Å². The molecule has 0 spiro atoms. The standard InChI is InChI=1S/C3H9NO3S/c4-2-1-3-8(5,6)7/h1-4H2,(H,5,6,7)/p+1. The van der Waals surface area contributed by atoms with Gasteiger partial charge in [-0.2, -0.15) is 8.42 Å². The lowest BCUT2D eigenvalue weighted by atomic mass is 10.5. The number of quaternary nitrogens is 1. The second kappa shape index (κ2) is 3.01. The molecule has 0 saturated heterocycles. The van der Waals surface area contributed by atoms with Crippen LogP contribution in [-0.2, 0) is 10.1 Å². The van der Waals surface area contributed by atoms with Crippen molar-refractivity contribution < 1.29 is 18.7 Å². The van der Waals surface area contributed by atoms with E-state index in [0.29, 0.717) is 13.0 Å². The molecule has 5 heteroatoms. The Balaban J connectivity index is 3.42. The number of hydrogen-bond donors (Lipinski definition) is 2. The lowest BCUT2D eigenvalue weighted by Gasteiger charge is -1.88. The smallest absolute Gasteiger partial charge is 0.265 e. The van der Waals surface area contributed by atoms with Gasteiger partial charge >= 0.3 is 0 Å². The molecule has 0 unspecified atom stereocenters. The second-order valence-corrected chi connectivity index (χ2v) is 3.07. The van der Waals surface area contributed by atoms with Gasteiger partial charge in [0.05, 0.1) is 12.3 Å². The molecule has 0 aliphatic carbocycles. The van der Waals surface area contributed by atoms with Crippen molar-refractivity contribution in [1.82, 2.24) is 0 Å². The van der Waals surface area contributed by atoms with Gasteiger partial charge in [-0.05, 0) is 0 Å². The molecule has 0 aromatic carbocycles. The summed E-state index contributed by atoms with van der Waals surface area (Å²) in [5.74, 6) is -0.170. The van der Waals surface area contributed by atoms with E-state index in [1.54, 1.807) is 0 Å². The quantitative estimate of drug-likeness (QED) is 0.468. The Labute approximate surface area is 48.4 Å². The van der Waals surface area contributed by atoms with Crippen LogP contribution in [0.15, 0.2) is 0 Å². The van der Waals surface area contributed by atoms with Crippen LogP contribution < -0.4 is 5.73 Å². The van der Waals surface area contributed by atoms with Gasteiger partial charge in [0.25, 0.3) is 10.1 Å². The minimum Gasteiger partial charge on any atom is -0.358 e. The maximum Gasteiger partial charge on any atom is 0.265 e. The van der Waals surface area contributed by atoms with Crippen molar-refractivity contribution in [2.45, 2.75) is 6.42 Å². The predicted molar refractivity (Wildman–Crippen MR) is 28.8 cm³/mol. The third-order valence-electron chi connectivity index (χ3n) is 0.652. The highest BCUT2D eigenvalue weighted by Crippen LogP contribution is 1.83. The van der Waals surface area contributed by atoms with Crippen molar-refractivity contribution in [3.8, 4) is 0 Å². The van der Waals surface area contributed by atoms with Crippen molar-refractivity contribution >= 4 is 10.1 Å². The molecule has 0 rings (SSSR count). The highest BCUT2D eigenvalue weighted by molar-refractivity contribution is 7.85. The summed E-state index contributed by atoms with van der Waals surface area (Å²) in [5, 5.41) is 0. The molecule has 0 aromatic heterocycles. The highest BCUT2D eigenvalue weighted by Gasteiger charge is 2.01. The molecule has 0 saturated carbocycles. The summed E-state index contributed by atoms with van der Waals surface area (Å²) in [6.45, 7) is 0.541. The summed E-state index contributed by atoms with van der Waals surface area (Å²) < 4.78 is 27.9. The molecule has 50 valence electrons. The van der Waals surface area contributed by atoms with Crippen LogP contribution in [0.4, 0.5) is 0 Å². The molecule has 8 heavy (non-hydrogen) atoms. The Bertz CT molecular complexity index is 139. The van der Waals surface area contributed by atoms with E-state index in [1.165, 1.54) is 0 Å². The zero-order valence-electron chi connectivity index (χ0n) is 4.50. The molecule has 4 N–H and O–H groups in total. The fourth-order valence-electron chi connectivity index (χ4n) is 0.284. The van der Waals surface area contributed by atoms with Crippen molar-refractivity contribution in [2.24, 2.45) is 0 Å². The average molecular weight is 140 g/mol. The van der Waals surface area contributed by atoms with Gasteiger partial charge in [0, 0.05) is 6.42 Å². The van der Waals surface area contributed by atoms with Crippen LogP contribution in [-0.4, -0.2) is 25.3 Å². The molecule has 0 radical (unpaired) electrons. The molecule has 0 fully saturated rings. The SMILES string of the molecule is [NH3+]CCCS(=O)(=O)O. The minimum absolute atomic E-state index is 0.170. The lowest BCUT2D eigenvalue weighted by Crippen LogP contribution is -2.50. The van der Waals surface area contributed by atoms with Crippen LogP contribution in [0.2, 0.25) is 0 Å². The van der Waals surface area contributed by atoms with Crippen LogP contribution in [0.5, 0.6) is 0 Å². The summed E-state index contributed by atoms with van der Waals surface area (Å²) in [4.78, 5) is 0. The van der Waals surface area contributed by atoms with E-state index < -0.39 is 10.1 Å². The summed E-state index contributed by atoms with van der Waals surface area (Å²) in [6.07, 6.45) is 0.429. The van der Waals surface area contributed by atoms with Gasteiger partial charge < -0.3 is 5.73 Å². The Morgan fingerprint density at radius 3 is 2.12 bits per heavy atom. The van der Waals surface area contributed by atoms with Gasteiger partial charge in [-0.3, -0.25) is 4.55 Å². The number of rotatable bonds is 3. The Morgan fingerprint density at radius 1 is 1.50 bits per heavy atom. The summed E-state index contributed by atoms with van der Waals surface area (Å²) in [6, 6.07) is 0. The van der Waals surface area contributed by atoms with Gasteiger partial charge in [-0.15, -0.1) is 0 Å². The Kier molecular flexibility index (Phi) is 2.96. The molecular formula is C3H10NO3S+. The van der Waals surface area contributed by atoms with Gasteiger partial charge in [0.1, 0.15) is 0 Å². The fraction of sp³-hybridized carbons (Fsp3) is 1.00. The molecule has 4 nitrogen and oxygen atoms in total. The summed E-state index contributed by atoms with van der Waals surface area (Å²) in [7, 11) is -3.73. The largest absolute Gasteiger partial charge is 0.358 e. The first-order valence-electron chi connectivity index (χ1n) is 2.30. The van der Waals surface area contributed by atoms with Crippen molar-refractivity contribution in [3.63, 3.8) is 0 Å². The molecule has 0 bridgehead atoms. The van der Waals surface area contributed by atoms with Gasteiger partial charge in [0.2, 0.25) is 0 Å². The van der Waals surface area contributed by atoms with E-state index in [9.17, 15) is 8.42 Å². The zero-order valence-corrected chi connectivity index (χ0v) is 5.32. The van der Waals surface area contributed by atoms with Crippen LogP contribution in [0.1, 0.15) is 6.42 Å². The molecule has 0 atom stereocenters. The van der Waals surface area contributed by atoms with E-state index in [1.807, 2.05) is 0 Å². The first kappa shape index (κ1) is 7.87. The fourth-order valence-corrected chi connectivity index (χ4v) is 0.853. The van der Waals surface area contributed by atoms with Crippen molar-refractivity contribution in [3.05, 3.63) is 0 Å². The first-order chi connectivity index (χ1) is 3.56. The molecule has 0 amide bonds. The lowest BCUT2D eigenvalue weighted by molar-refractivity contribution is -0.367. The summed E-state index contributed by atoms with van der Waals surface area (Å²) >= 11 is 0. The molecule has 0 aliphatic rings. The van der Waals surface area contributed by atoms with E-state index >= 15 is 0 Å². The first-order valence-corrected chi connectivity index (χ1v) is 3.91. The maximum atomic E-state index is 9.92. The average Bonchev–Trinajstić information content (AvgIpc) is 1.59. The molecular weight excluding hydrogens is 130 g/mol. The van der Waals surface area contributed by atoms with Crippen molar-refractivity contribution in [1.29, 1.82) is 0 Å². The monoisotopic (exact) mass is 140 g/mol. The topological polar surface area (TPSA) is 82.0 Å². The van der Waals surface area contributed by atoms with Gasteiger partial charge in [-0.1, -0.05) is 0 Å². The van der Waals surface area contributed by atoms with Crippen LogP contribution in [0, 0.1) is 0 Å².